The fraction of sp³-hybridized carbons (Fsp3) is 0.667. The lowest BCUT2D eigenvalue weighted by atomic mass is 9.74. The fourth-order valence-electron chi connectivity index (χ4n) is 4.46. The van der Waals surface area contributed by atoms with Crippen LogP contribution in [0.5, 0.6) is 0 Å². The van der Waals surface area contributed by atoms with Gasteiger partial charge in [0.1, 0.15) is 0 Å². The Morgan fingerprint density at radius 2 is 1.78 bits per heavy atom. The zero-order chi connectivity index (χ0) is 17.9. The number of carbonyl (C=O) groups excluding carboxylic acids is 1. The number of piperidine rings is 1. The Kier molecular flexibility index (Phi) is 9.56. The standard InChI is InChI=1S/C21H33N3O.2ClH/c1-16(17-8-4-3-5-9-17)24-14-11-18(12-15-24)23-20(25)19-10-6-7-13-21(19,2)22;;/h3-5,8-9,16,18-19H,6-7,10-15,22H2,1-2H3,(H,23,25);2*1H. The van der Waals surface area contributed by atoms with E-state index in [2.05, 4.69) is 47.5 Å². The van der Waals surface area contributed by atoms with Crippen molar-refractivity contribution in [3.05, 3.63) is 35.9 Å². The van der Waals surface area contributed by atoms with Crippen molar-refractivity contribution < 1.29 is 4.79 Å². The molecular weight excluding hydrogens is 381 g/mol. The first-order chi connectivity index (χ1) is 12.0. The predicted molar refractivity (Wildman–Crippen MR) is 117 cm³/mol. The van der Waals surface area contributed by atoms with E-state index in [9.17, 15) is 4.79 Å². The fourth-order valence-corrected chi connectivity index (χ4v) is 4.46. The molecule has 3 atom stereocenters. The van der Waals surface area contributed by atoms with E-state index in [0.29, 0.717) is 12.1 Å². The summed E-state index contributed by atoms with van der Waals surface area (Å²) in [6, 6.07) is 11.4. The molecule has 154 valence electrons. The second-order valence-electron chi connectivity index (χ2n) is 8.21. The second kappa shape index (κ2) is 10.7. The summed E-state index contributed by atoms with van der Waals surface area (Å²) >= 11 is 0. The van der Waals surface area contributed by atoms with Gasteiger partial charge in [-0.3, -0.25) is 9.69 Å². The van der Waals surface area contributed by atoms with Crippen molar-refractivity contribution in [2.24, 2.45) is 11.7 Å². The van der Waals surface area contributed by atoms with Crippen molar-refractivity contribution in [3.8, 4) is 0 Å². The zero-order valence-electron chi connectivity index (χ0n) is 16.5. The van der Waals surface area contributed by atoms with Gasteiger partial charge >= 0.3 is 0 Å². The molecule has 1 aromatic carbocycles. The smallest absolute Gasteiger partial charge is 0.225 e. The summed E-state index contributed by atoms with van der Waals surface area (Å²) in [5, 5.41) is 3.30. The number of nitrogens with one attached hydrogen (secondary N) is 1. The minimum absolute atomic E-state index is 0. The van der Waals surface area contributed by atoms with Crippen molar-refractivity contribution in [1.82, 2.24) is 10.2 Å². The second-order valence-corrected chi connectivity index (χ2v) is 8.21. The maximum absolute atomic E-state index is 12.7. The van der Waals surface area contributed by atoms with E-state index in [0.717, 1.165) is 51.6 Å². The summed E-state index contributed by atoms with van der Waals surface area (Å²) in [6.07, 6.45) is 6.21. The van der Waals surface area contributed by atoms with Crippen LogP contribution in [0.25, 0.3) is 0 Å². The predicted octanol–water partition coefficient (Wildman–Crippen LogP) is 4.08. The highest BCUT2D eigenvalue weighted by atomic mass is 35.5. The van der Waals surface area contributed by atoms with Gasteiger partial charge in [0.15, 0.2) is 0 Å². The van der Waals surface area contributed by atoms with Crippen LogP contribution >= 0.6 is 24.8 Å². The van der Waals surface area contributed by atoms with Gasteiger partial charge in [0.25, 0.3) is 0 Å². The average molecular weight is 416 g/mol. The molecule has 3 rings (SSSR count). The molecule has 1 heterocycles. The highest BCUT2D eigenvalue weighted by Crippen LogP contribution is 2.32. The molecule has 1 saturated carbocycles. The molecule has 6 heteroatoms. The molecule has 27 heavy (non-hydrogen) atoms. The van der Waals surface area contributed by atoms with Crippen LogP contribution in [-0.2, 0) is 4.79 Å². The number of carbonyl (C=O) groups is 1. The van der Waals surface area contributed by atoms with Gasteiger partial charge in [-0.25, -0.2) is 0 Å². The van der Waals surface area contributed by atoms with Gasteiger partial charge in [-0.1, -0.05) is 43.2 Å². The molecule has 1 aromatic rings. The first-order valence-corrected chi connectivity index (χ1v) is 9.85. The summed E-state index contributed by atoms with van der Waals surface area (Å²) in [7, 11) is 0. The Morgan fingerprint density at radius 3 is 2.37 bits per heavy atom. The van der Waals surface area contributed by atoms with Gasteiger partial charge in [0, 0.05) is 30.7 Å². The van der Waals surface area contributed by atoms with Gasteiger partial charge in [0.05, 0.1) is 5.92 Å². The largest absolute Gasteiger partial charge is 0.353 e. The summed E-state index contributed by atoms with van der Waals surface area (Å²) in [4.78, 5) is 15.2. The minimum Gasteiger partial charge on any atom is -0.353 e. The monoisotopic (exact) mass is 415 g/mol. The number of likely N-dealkylation sites (tertiary alicyclic amines) is 1. The third-order valence-electron chi connectivity index (χ3n) is 6.28. The molecule has 0 radical (unpaired) electrons. The summed E-state index contributed by atoms with van der Waals surface area (Å²) < 4.78 is 0. The Labute approximate surface area is 176 Å². The number of amides is 1. The third-order valence-corrected chi connectivity index (χ3v) is 6.28. The quantitative estimate of drug-likeness (QED) is 0.778. The normalized spacial score (nSPS) is 27.7. The highest BCUT2D eigenvalue weighted by molar-refractivity contribution is 5.85. The van der Waals surface area contributed by atoms with Crippen molar-refractivity contribution in [2.75, 3.05) is 13.1 Å². The number of rotatable bonds is 4. The van der Waals surface area contributed by atoms with Gasteiger partial charge in [-0.2, -0.15) is 0 Å². The van der Waals surface area contributed by atoms with Gasteiger partial charge < -0.3 is 11.1 Å². The zero-order valence-corrected chi connectivity index (χ0v) is 18.2. The van der Waals surface area contributed by atoms with Crippen molar-refractivity contribution >= 4 is 30.7 Å². The number of hydrogen-bond acceptors (Lipinski definition) is 3. The molecule has 0 spiro atoms. The van der Waals surface area contributed by atoms with Gasteiger partial charge in [-0.15, -0.1) is 24.8 Å². The summed E-state index contributed by atoms with van der Waals surface area (Å²) in [5.74, 6) is 0.154. The summed E-state index contributed by atoms with van der Waals surface area (Å²) in [5.41, 5.74) is 7.41. The molecule has 0 bridgehead atoms. The van der Waals surface area contributed by atoms with E-state index >= 15 is 0 Å². The molecule has 2 fully saturated rings. The number of nitrogens with two attached hydrogens (primary N) is 1. The van der Waals surface area contributed by atoms with Crippen LogP contribution in [0.1, 0.15) is 64.0 Å². The van der Waals surface area contributed by atoms with Crippen molar-refractivity contribution in [2.45, 2.75) is 70.0 Å². The molecule has 1 aliphatic heterocycles. The van der Waals surface area contributed by atoms with Crippen LogP contribution in [0.15, 0.2) is 30.3 Å². The van der Waals surface area contributed by atoms with Crippen molar-refractivity contribution in [1.29, 1.82) is 0 Å². The van der Waals surface area contributed by atoms with E-state index in [1.54, 1.807) is 0 Å². The Morgan fingerprint density at radius 1 is 1.15 bits per heavy atom. The molecule has 0 aromatic heterocycles. The van der Waals surface area contributed by atoms with Crippen LogP contribution in [0, 0.1) is 5.92 Å². The molecule has 1 aliphatic carbocycles. The minimum atomic E-state index is -0.342. The number of nitrogens with zero attached hydrogens (tertiary/aromatic N) is 1. The van der Waals surface area contributed by atoms with Crippen LogP contribution < -0.4 is 11.1 Å². The van der Waals surface area contributed by atoms with Gasteiger partial charge in [0.2, 0.25) is 5.91 Å². The highest BCUT2D eigenvalue weighted by Gasteiger charge is 2.38. The third kappa shape index (κ3) is 6.08. The van der Waals surface area contributed by atoms with Gasteiger partial charge in [-0.05, 0) is 45.1 Å². The van der Waals surface area contributed by atoms with Crippen molar-refractivity contribution in [3.63, 3.8) is 0 Å². The molecule has 3 N–H and O–H groups in total. The summed E-state index contributed by atoms with van der Waals surface area (Å²) in [6.45, 7) is 6.38. The van der Waals surface area contributed by atoms with Crippen LogP contribution in [-0.4, -0.2) is 35.5 Å². The number of halogens is 2. The number of benzene rings is 1. The molecule has 1 amide bonds. The molecule has 4 nitrogen and oxygen atoms in total. The van der Waals surface area contributed by atoms with E-state index in [1.165, 1.54) is 5.56 Å². The van der Waals surface area contributed by atoms with E-state index in [1.807, 2.05) is 6.92 Å². The lowest BCUT2D eigenvalue weighted by Crippen LogP contribution is -2.55. The lowest BCUT2D eigenvalue weighted by molar-refractivity contribution is -0.129. The lowest BCUT2D eigenvalue weighted by Gasteiger charge is -2.40. The molecule has 3 unspecified atom stereocenters. The first kappa shape index (κ1) is 24.2. The SMILES string of the molecule is CC(c1ccccc1)N1CCC(NC(=O)C2CCCCC2(C)N)CC1.Cl.Cl. The topological polar surface area (TPSA) is 58.4 Å². The Bertz CT molecular complexity index is 574. The average Bonchev–Trinajstić information content (AvgIpc) is 2.62. The van der Waals surface area contributed by atoms with E-state index < -0.39 is 0 Å². The van der Waals surface area contributed by atoms with Crippen LogP contribution in [0.4, 0.5) is 0 Å². The molecular formula is C21H35Cl2N3O. The first-order valence-electron chi connectivity index (χ1n) is 9.85. The maximum Gasteiger partial charge on any atom is 0.225 e. The Balaban J connectivity index is 0.00000182. The molecule has 1 saturated heterocycles. The maximum atomic E-state index is 12.7. The number of hydrogen-bond donors (Lipinski definition) is 2. The molecule has 2 aliphatic rings. The Hall–Kier alpha value is -0.810. The van der Waals surface area contributed by atoms with Crippen LogP contribution in [0.2, 0.25) is 0 Å². The van der Waals surface area contributed by atoms with Crippen LogP contribution in [0.3, 0.4) is 0 Å². The van der Waals surface area contributed by atoms with E-state index in [4.69, 9.17) is 5.73 Å². The van der Waals surface area contributed by atoms with E-state index in [-0.39, 0.29) is 42.2 Å².